The van der Waals surface area contributed by atoms with Crippen LogP contribution in [0.1, 0.15) is 18.1 Å². The molecule has 0 bridgehead atoms. The first-order valence-electron chi connectivity index (χ1n) is 8.00. The van der Waals surface area contributed by atoms with E-state index in [1.165, 1.54) is 0 Å². The number of hydrogen-bond acceptors (Lipinski definition) is 5. The number of aryl methyl sites for hydroxylation is 1. The van der Waals surface area contributed by atoms with Gasteiger partial charge in [0.15, 0.2) is 0 Å². The highest BCUT2D eigenvalue weighted by Gasteiger charge is 2.09. The quantitative estimate of drug-likeness (QED) is 0.371. The smallest absolute Gasteiger partial charge is 0.259 e. The van der Waals surface area contributed by atoms with E-state index in [0.29, 0.717) is 17.2 Å². The third-order valence-corrected chi connectivity index (χ3v) is 4.45. The SMILES string of the molecule is COc1ccc(C(C)=NNC(=O)CNc2ccc(I)cc2C)c(OC)c1. The minimum Gasteiger partial charge on any atom is -0.497 e. The lowest BCUT2D eigenvalue weighted by Gasteiger charge is -2.11. The number of carbonyl (C=O) groups excluding carboxylic acids is 1. The normalized spacial score (nSPS) is 11.0. The Labute approximate surface area is 167 Å². The zero-order chi connectivity index (χ0) is 19.1. The van der Waals surface area contributed by atoms with Crippen molar-refractivity contribution in [2.24, 2.45) is 5.10 Å². The molecule has 0 unspecified atom stereocenters. The van der Waals surface area contributed by atoms with Gasteiger partial charge in [0.1, 0.15) is 11.5 Å². The van der Waals surface area contributed by atoms with Crippen LogP contribution in [0.4, 0.5) is 5.69 Å². The number of nitrogens with zero attached hydrogens (tertiary/aromatic N) is 1. The van der Waals surface area contributed by atoms with Crippen molar-refractivity contribution in [3.8, 4) is 11.5 Å². The zero-order valence-corrected chi connectivity index (χ0v) is 17.4. The van der Waals surface area contributed by atoms with Gasteiger partial charge >= 0.3 is 0 Å². The summed E-state index contributed by atoms with van der Waals surface area (Å²) >= 11 is 2.26. The summed E-state index contributed by atoms with van der Waals surface area (Å²) in [5.74, 6) is 1.10. The molecule has 0 saturated carbocycles. The molecular weight excluding hydrogens is 445 g/mol. The summed E-state index contributed by atoms with van der Waals surface area (Å²) in [6.07, 6.45) is 0. The van der Waals surface area contributed by atoms with Gasteiger partial charge in [-0.15, -0.1) is 0 Å². The Morgan fingerprint density at radius 1 is 1.15 bits per heavy atom. The Morgan fingerprint density at radius 3 is 2.58 bits per heavy atom. The molecule has 0 aliphatic rings. The van der Waals surface area contributed by atoms with E-state index < -0.39 is 0 Å². The molecule has 0 aliphatic carbocycles. The van der Waals surface area contributed by atoms with Gasteiger partial charge in [0, 0.05) is 20.9 Å². The molecule has 2 rings (SSSR count). The Morgan fingerprint density at radius 2 is 1.92 bits per heavy atom. The van der Waals surface area contributed by atoms with Gasteiger partial charge < -0.3 is 14.8 Å². The average molecular weight is 467 g/mol. The molecule has 7 heteroatoms. The van der Waals surface area contributed by atoms with E-state index in [1.807, 2.05) is 31.2 Å². The van der Waals surface area contributed by atoms with E-state index in [9.17, 15) is 4.79 Å². The summed E-state index contributed by atoms with van der Waals surface area (Å²) in [4.78, 5) is 12.1. The zero-order valence-electron chi connectivity index (χ0n) is 15.2. The maximum Gasteiger partial charge on any atom is 0.259 e. The first-order valence-corrected chi connectivity index (χ1v) is 9.08. The van der Waals surface area contributed by atoms with Crippen LogP contribution in [0, 0.1) is 10.5 Å². The Bertz CT molecular complexity index is 822. The molecule has 0 heterocycles. The largest absolute Gasteiger partial charge is 0.497 e. The molecule has 6 nitrogen and oxygen atoms in total. The van der Waals surface area contributed by atoms with E-state index in [4.69, 9.17) is 9.47 Å². The second-order valence-corrected chi connectivity index (χ2v) is 6.86. The van der Waals surface area contributed by atoms with Crippen molar-refractivity contribution in [3.05, 3.63) is 51.1 Å². The molecule has 0 spiro atoms. The molecule has 0 aromatic heterocycles. The van der Waals surface area contributed by atoms with Gasteiger partial charge in [0.25, 0.3) is 5.91 Å². The van der Waals surface area contributed by atoms with Crippen molar-refractivity contribution in [1.29, 1.82) is 0 Å². The number of ether oxygens (including phenoxy) is 2. The van der Waals surface area contributed by atoms with Crippen LogP contribution in [-0.4, -0.2) is 32.4 Å². The highest BCUT2D eigenvalue weighted by molar-refractivity contribution is 14.1. The van der Waals surface area contributed by atoms with Gasteiger partial charge in [0.2, 0.25) is 0 Å². The number of amides is 1. The third-order valence-electron chi connectivity index (χ3n) is 3.77. The predicted octanol–water partition coefficient (Wildman–Crippen LogP) is 3.57. The van der Waals surface area contributed by atoms with E-state index in [-0.39, 0.29) is 12.5 Å². The van der Waals surface area contributed by atoms with Crippen molar-refractivity contribution in [1.82, 2.24) is 5.43 Å². The van der Waals surface area contributed by atoms with Crippen LogP contribution in [0.2, 0.25) is 0 Å². The Hall–Kier alpha value is -2.29. The lowest BCUT2D eigenvalue weighted by atomic mass is 10.1. The number of methoxy groups -OCH3 is 2. The second-order valence-electron chi connectivity index (χ2n) is 5.61. The second kappa shape index (κ2) is 9.42. The van der Waals surface area contributed by atoms with Crippen LogP contribution in [-0.2, 0) is 4.79 Å². The molecular formula is C19H22IN3O3. The van der Waals surface area contributed by atoms with Crippen LogP contribution < -0.4 is 20.2 Å². The summed E-state index contributed by atoms with van der Waals surface area (Å²) in [5, 5.41) is 7.28. The summed E-state index contributed by atoms with van der Waals surface area (Å²) in [5.41, 5.74) is 6.01. The molecule has 2 aromatic rings. The molecule has 1 amide bonds. The topological polar surface area (TPSA) is 72.0 Å². The first-order chi connectivity index (χ1) is 12.4. The Kier molecular flexibility index (Phi) is 7.26. The number of halogens is 1. The van der Waals surface area contributed by atoms with Crippen LogP contribution in [0.3, 0.4) is 0 Å². The molecule has 0 fully saturated rings. The fraction of sp³-hybridized carbons (Fsp3) is 0.263. The summed E-state index contributed by atoms with van der Waals surface area (Å²) in [7, 11) is 3.18. The molecule has 0 atom stereocenters. The van der Waals surface area contributed by atoms with Gasteiger partial charge in [-0.3, -0.25) is 4.79 Å². The lowest BCUT2D eigenvalue weighted by molar-refractivity contribution is -0.119. The van der Waals surface area contributed by atoms with Gasteiger partial charge in [-0.05, 0) is 72.3 Å². The summed E-state index contributed by atoms with van der Waals surface area (Å²) in [6.45, 7) is 3.94. The standard InChI is InChI=1S/C19H22IN3O3/c1-12-9-14(20)5-8-17(12)21-11-19(24)23-22-13(2)16-7-6-15(25-3)10-18(16)26-4/h5-10,21H,11H2,1-4H3,(H,23,24). The van der Waals surface area contributed by atoms with Crippen molar-refractivity contribution in [3.63, 3.8) is 0 Å². The van der Waals surface area contributed by atoms with Crippen molar-refractivity contribution in [2.75, 3.05) is 26.1 Å². The number of rotatable bonds is 7. The number of anilines is 1. The molecule has 0 radical (unpaired) electrons. The average Bonchev–Trinajstić information content (AvgIpc) is 2.64. The van der Waals surface area contributed by atoms with Gasteiger partial charge in [0.05, 0.1) is 26.5 Å². The molecule has 2 aromatic carbocycles. The molecule has 2 N–H and O–H groups in total. The minimum atomic E-state index is -0.227. The lowest BCUT2D eigenvalue weighted by Crippen LogP contribution is -2.27. The Balaban J connectivity index is 1.98. The number of carbonyl (C=O) groups is 1. The van der Waals surface area contributed by atoms with Crippen LogP contribution >= 0.6 is 22.6 Å². The molecule has 0 saturated heterocycles. The maximum absolute atomic E-state index is 12.1. The third kappa shape index (κ3) is 5.35. The van der Waals surface area contributed by atoms with Crippen LogP contribution in [0.25, 0.3) is 0 Å². The summed E-state index contributed by atoms with van der Waals surface area (Å²) < 4.78 is 11.7. The van der Waals surface area contributed by atoms with Gasteiger partial charge in [-0.25, -0.2) is 5.43 Å². The summed E-state index contributed by atoms with van der Waals surface area (Å²) in [6, 6.07) is 11.4. The van der Waals surface area contributed by atoms with E-state index in [0.717, 1.165) is 20.4 Å². The first kappa shape index (κ1) is 20.0. The number of benzene rings is 2. The van der Waals surface area contributed by atoms with E-state index in [2.05, 4.69) is 44.5 Å². The number of hydrogen-bond donors (Lipinski definition) is 2. The monoisotopic (exact) mass is 467 g/mol. The van der Waals surface area contributed by atoms with E-state index >= 15 is 0 Å². The fourth-order valence-corrected chi connectivity index (χ4v) is 2.99. The van der Waals surface area contributed by atoms with Crippen molar-refractivity contribution >= 4 is 39.9 Å². The van der Waals surface area contributed by atoms with Crippen LogP contribution in [0.15, 0.2) is 41.5 Å². The highest BCUT2D eigenvalue weighted by Crippen LogP contribution is 2.25. The highest BCUT2D eigenvalue weighted by atomic mass is 127. The van der Waals surface area contributed by atoms with Crippen molar-refractivity contribution < 1.29 is 14.3 Å². The van der Waals surface area contributed by atoms with E-state index in [1.54, 1.807) is 27.2 Å². The fourth-order valence-electron chi connectivity index (χ4n) is 2.34. The van der Waals surface area contributed by atoms with Gasteiger partial charge in [-0.2, -0.15) is 5.10 Å². The van der Waals surface area contributed by atoms with Crippen LogP contribution in [0.5, 0.6) is 11.5 Å². The van der Waals surface area contributed by atoms with Crippen molar-refractivity contribution in [2.45, 2.75) is 13.8 Å². The number of hydrazone groups is 1. The molecule has 0 aliphatic heterocycles. The van der Waals surface area contributed by atoms with Gasteiger partial charge in [-0.1, -0.05) is 0 Å². The molecule has 26 heavy (non-hydrogen) atoms. The predicted molar refractivity (Wildman–Crippen MR) is 112 cm³/mol. The number of nitrogens with one attached hydrogen (secondary N) is 2. The minimum absolute atomic E-state index is 0.137. The molecule has 138 valence electrons. The maximum atomic E-state index is 12.1.